The summed E-state index contributed by atoms with van der Waals surface area (Å²) in [5, 5.41) is -0.398. The van der Waals surface area contributed by atoms with Crippen LogP contribution in [0.2, 0.25) is 0 Å². The predicted molar refractivity (Wildman–Crippen MR) is 148 cm³/mol. The maximum atomic E-state index is 14.7. The third-order valence-corrected chi connectivity index (χ3v) is 8.30. The Morgan fingerprint density at radius 3 is 2.59 bits per heavy atom. The average molecular weight is 556 g/mol. The SMILES string of the molecule is CC(C)COc1cc(F)cc(-c2nc(N3CCC(C)C3(C)C)ccc2C(=O)NS(=O)(=O)c2cccc(N)n2)c1. The number of aromatic nitrogens is 2. The van der Waals surface area contributed by atoms with Gasteiger partial charge in [0.2, 0.25) is 0 Å². The number of anilines is 2. The summed E-state index contributed by atoms with van der Waals surface area (Å²) < 4.78 is 48.4. The fraction of sp³-hybridized carbons (Fsp3) is 0.393. The van der Waals surface area contributed by atoms with Gasteiger partial charge in [0, 0.05) is 23.7 Å². The van der Waals surface area contributed by atoms with Crippen molar-refractivity contribution >= 4 is 27.6 Å². The number of nitrogens with zero attached hydrogens (tertiary/aromatic N) is 3. The van der Waals surface area contributed by atoms with Crippen molar-refractivity contribution in [2.24, 2.45) is 11.8 Å². The monoisotopic (exact) mass is 555 g/mol. The summed E-state index contributed by atoms with van der Waals surface area (Å²) in [5.74, 6) is -0.0216. The van der Waals surface area contributed by atoms with Crippen molar-refractivity contribution in [3.63, 3.8) is 0 Å². The van der Waals surface area contributed by atoms with Crippen LogP contribution in [0.15, 0.2) is 53.6 Å². The van der Waals surface area contributed by atoms with Crippen LogP contribution in [0.4, 0.5) is 16.0 Å². The number of nitrogen functional groups attached to an aromatic ring is 1. The number of pyridine rings is 2. The number of nitrogens with one attached hydrogen (secondary N) is 1. The quantitative estimate of drug-likeness (QED) is 0.411. The number of carbonyl (C=O) groups excluding carboxylic acids is 1. The van der Waals surface area contributed by atoms with E-state index < -0.39 is 26.8 Å². The highest BCUT2D eigenvalue weighted by Gasteiger charge is 2.39. The summed E-state index contributed by atoms with van der Waals surface area (Å²) >= 11 is 0. The first kappa shape index (κ1) is 28.3. The standard InChI is InChI=1S/C28H34FN5O4S/c1-17(2)16-38-21-14-19(13-20(29)15-21)26-22(9-10-24(32-26)34-12-11-18(3)28(34,4)5)27(35)33-39(36,37)25-8-6-7-23(30)31-25/h6-10,13-15,17-18H,11-12,16H2,1-5H3,(H2,30,31)(H,33,35). The van der Waals surface area contributed by atoms with Crippen molar-refractivity contribution in [2.45, 2.75) is 51.6 Å². The van der Waals surface area contributed by atoms with Crippen LogP contribution in [0.5, 0.6) is 5.75 Å². The molecule has 9 nitrogen and oxygen atoms in total. The largest absolute Gasteiger partial charge is 0.493 e. The van der Waals surface area contributed by atoms with Gasteiger partial charge < -0.3 is 15.4 Å². The molecule has 11 heteroatoms. The molecule has 3 heterocycles. The van der Waals surface area contributed by atoms with Crippen LogP contribution in [0.1, 0.15) is 51.4 Å². The Morgan fingerprint density at radius 1 is 1.21 bits per heavy atom. The van der Waals surface area contributed by atoms with Crippen LogP contribution < -0.4 is 20.1 Å². The van der Waals surface area contributed by atoms with Gasteiger partial charge in [-0.25, -0.2) is 19.1 Å². The molecule has 0 aliphatic carbocycles. The zero-order chi connectivity index (χ0) is 28.5. The summed E-state index contributed by atoms with van der Waals surface area (Å²) in [6.07, 6.45) is 0.963. The minimum absolute atomic E-state index is 0.00632. The molecule has 0 bridgehead atoms. The van der Waals surface area contributed by atoms with E-state index in [0.717, 1.165) is 13.0 Å². The highest BCUT2D eigenvalue weighted by atomic mass is 32.2. The summed E-state index contributed by atoms with van der Waals surface area (Å²) in [6, 6.07) is 11.4. The Morgan fingerprint density at radius 2 is 1.95 bits per heavy atom. The minimum atomic E-state index is -4.34. The van der Waals surface area contributed by atoms with Gasteiger partial charge in [-0.1, -0.05) is 26.8 Å². The zero-order valence-electron chi connectivity index (χ0n) is 22.7. The number of rotatable bonds is 8. The zero-order valence-corrected chi connectivity index (χ0v) is 23.5. The summed E-state index contributed by atoms with van der Waals surface area (Å²) in [4.78, 5) is 24.1. The lowest BCUT2D eigenvalue weighted by atomic mass is 9.90. The van der Waals surface area contributed by atoms with E-state index in [1.54, 1.807) is 12.1 Å². The first-order valence-corrected chi connectivity index (χ1v) is 14.3. The molecule has 0 spiro atoms. The van der Waals surface area contributed by atoms with Crippen molar-refractivity contribution in [2.75, 3.05) is 23.8 Å². The molecule has 3 N–H and O–H groups in total. The molecule has 208 valence electrons. The first-order chi connectivity index (χ1) is 18.3. The normalized spacial score (nSPS) is 16.9. The number of nitrogens with two attached hydrogens (primary N) is 1. The van der Waals surface area contributed by atoms with Crippen LogP contribution >= 0.6 is 0 Å². The Labute approximate surface area is 228 Å². The molecule has 1 atom stereocenters. The van der Waals surface area contributed by atoms with Gasteiger partial charge in [-0.15, -0.1) is 0 Å². The fourth-order valence-electron chi connectivity index (χ4n) is 4.50. The molecule has 1 aliphatic rings. The number of hydrogen-bond donors (Lipinski definition) is 2. The van der Waals surface area contributed by atoms with E-state index in [1.165, 1.54) is 36.4 Å². The molecule has 1 aromatic carbocycles. The lowest BCUT2D eigenvalue weighted by Crippen LogP contribution is -2.42. The van der Waals surface area contributed by atoms with E-state index in [0.29, 0.717) is 18.3 Å². The van der Waals surface area contributed by atoms with E-state index >= 15 is 0 Å². The van der Waals surface area contributed by atoms with E-state index in [-0.39, 0.29) is 39.8 Å². The maximum absolute atomic E-state index is 14.7. The van der Waals surface area contributed by atoms with Crippen LogP contribution in [0.25, 0.3) is 11.3 Å². The second kappa shape index (κ2) is 10.8. The molecule has 1 amide bonds. The molecule has 1 fully saturated rings. The highest BCUT2D eigenvalue weighted by molar-refractivity contribution is 7.90. The van der Waals surface area contributed by atoms with Crippen molar-refractivity contribution in [1.82, 2.24) is 14.7 Å². The lowest BCUT2D eigenvalue weighted by molar-refractivity contribution is 0.0981. The molecule has 1 saturated heterocycles. The van der Waals surface area contributed by atoms with Gasteiger partial charge in [0.05, 0.1) is 17.9 Å². The number of benzene rings is 1. The second-order valence-corrected chi connectivity index (χ2v) is 12.4. The van der Waals surface area contributed by atoms with Gasteiger partial charge in [0.1, 0.15) is 23.2 Å². The topological polar surface area (TPSA) is 128 Å². The number of hydrogen-bond acceptors (Lipinski definition) is 8. The fourth-order valence-corrected chi connectivity index (χ4v) is 5.44. The van der Waals surface area contributed by atoms with Gasteiger partial charge >= 0.3 is 0 Å². The number of ether oxygens (including phenoxy) is 1. The molecule has 0 radical (unpaired) electrons. The Balaban J connectivity index is 1.80. The van der Waals surface area contributed by atoms with Gasteiger partial charge in [0.25, 0.3) is 15.9 Å². The van der Waals surface area contributed by atoms with Crippen LogP contribution in [0.3, 0.4) is 0 Å². The van der Waals surface area contributed by atoms with Crippen molar-refractivity contribution in [3.05, 3.63) is 59.9 Å². The van der Waals surface area contributed by atoms with E-state index in [4.69, 9.17) is 15.5 Å². The van der Waals surface area contributed by atoms with E-state index in [2.05, 4.69) is 30.7 Å². The molecule has 2 aromatic heterocycles. The summed E-state index contributed by atoms with van der Waals surface area (Å²) in [5.41, 5.74) is 5.79. The third-order valence-electron chi connectivity index (χ3n) is 7.06. The van der Waals surface area contributed by atoms with Crippen LogP contribution in [0, 0.1) is 17.7 Å². The average Bonchev–Trinajstić information content (AvgIpc) is 3.13. The summed E-state index contributed by atoms with van der Waals surface area (Å²) in [7, 11) is -4.34. The smallest absolute Gasteiger partial charge is 0.281 e. The van der Waals surface area contributed by atoms with Crippen LogP contribution in [-0.4, -0.2) is 43.0 Å². The van der Waals surface area contributed by atoms with Gasteiger partial charge in [-0.05, 0) is 68.5 Å². The van der Waals surface area contributed by atoms with Crippen molar-refractivity contribution in [3.8, 4) is 17.0 Å². The summed E-state index contributed by atoms with van der Waals surface area (Å²) in [6.45, 7) is 11.5. The molecule has 0 saturated carbocycles. The van der Waals surface area contributed by atoms with Gasteiger partial charge in [-0.2, -0.15) is 8.42 Å². The molecule has 4 rings (SSSR count). The molecular weight excluding hydrogens is 521 g/mol. The Kier molecular flexibility index (Phi) is 7.83. The van der Waals surface area contributed by atoms with E-state index in [9.17, 15) is 17.6 Å². The minimum Gasteiger partial charge on any atom is -0.493 e. The number of halogens is 1. The number of carbonyl (C=O) groups is 1. The molecular formula is C28H34FN5O4S. The van der Waals surface area contributed by atoms with Gasteiger partial charge in [0.15, 0.2) is 5.03 Å². The third kappa shape index (κ3) is 6.13. The Hall–Kier alpha value is -3.73. The molecule has 1 unspecified atom stereocenters. The number of sulfonamides is 1. The highest BCUT2D eigenvalue weighted by Crippen LogP contribution is 2.38. The molecule has 3 aromatic rings. The van der Waals surface area contributed by atoms with Crippen LogP contribution in [-0.2, 0) is 10.0 Å². The number of amides is 1. The van der Waals surface area contributed by atoms with Crippen molar-refractivity contribution in [1.29, 1.82) is 0 Å². The molecule has 39 heavy (non-hydrogen) atoms. The Bertz CT molecular complexity index is 1490. The van der Waals surface area contributed by atoms with Gasteiger partial charge in [-0.3, -0.25) is 4.79 Å². The first-order valence-electron chi connectivity index (χ1n) is 12.8. The lowest BCUT2D eigenvalue weighted by Gasteiger charge is -2.36. The van der Waals surface area contributed by atoms with Crippen molar-refractivity contribution < 1.29 is 22.3 Å². The maximum Gasteiger partial charge on any atom is 0.281 e. The van der Waals surface area contributed by atoms with E-state index in [1.807, 2.05) is 18.6 Å². The second-order valence-electron chi connectivity index (χ2n) is 10.8. The molecule has 1 aliphatic heterocycles. The predicted octanol–water partition coefficient (Wildman–Crippen LogP) is 4.64.